The van der Waals surface area contributed by atoms with E-state index in [1.165, 1.54) is 10.5 Å². The van der Waals surface area contributed by atoms with E-state index in [0.717, 1.165) is 18.4 Å². The van der Waals surface area contributed by atoms with Gasteiger partial charge < -0.3 is 4.90 Å². The van der Waals surface area contributed by atoms with Gasteiger partial charge in [0.1, 0.15) is 0 Å². The van der Waals surface area contributed by atoms with E-state index in [1.807, 2.05) is 18.2 Å². The van der Waals surface area contributed by atoms with E-state index in [4.69, 9.17) is 11.6 Å². The smallest absolute Gasteiger partial charge is 0.255 e. The largest absolute Gasteiger partial charge is 0.336 e. The Morgan fingerprint density at radius 3 is 2.70 bits per heavy atom. The summed E-state index contributed by atoms with van der Waals surface area (Å²) in [5, 5.41) is 0. The Bertz CT molecular complexity index is 467. The van der Waals surface area contributed by atoms with Crippen molar-refractivity contribution in [1.82, 2.24) is 4.90 Å². The summed E-state index contributed by atoms with van der Waals surface area (Å²) in [6.07, 6.45) is -0.330. The molecule has 1 unspecified atom stereocenters. The lowest BCUT2D eigenvalue weighted by molar-refractivity contribution is -0.137. The highest BCUT2D eigenvalue weighted by molar-refractivity contribution is 6.18. The maximum atomic E-state index is 12.5. The predicted molar refractivity (Wildman–Crippen MR) is 75.3 cm³/mol. The fraction of sp³-hybridized carbons (Fsp3) is 0.533. The number of alkyl halides is 3. The number of benzene rings is 1. The van der Waals surface area contributed by atoms with Crippen LogP contribution in [0.15, 0.2) is 24.3 Å². The second-order valence-electron chi connectivity index (χ2n) is 5.07. The van der Waals surface area contributed by atoms with Crippen LogP contribution < -0.4 is 0 Å². The number of hydrogen-bond acceptors (Lipinski definition) is 1. The molecule has 1 aliphatic rings. The second-order valence-corrected chi connectivity index (χ2v) is 5.45. The van der Waals surface area contributed by atoms with E-state index in [-0.39, 0.29) is 24.2 Å². The molecule has 0 aromatic heterocycles. The average Bonchev–Trinajstić information content (AvgIpc) is 2.45. The minimum atomic E-state index is -2.52. The molecule has 5 heteroatoms. The number of hydrogen-bond donors (Lipinski definition) is 0. The van der Waals surface area contributed by atoms with Gasteiger partial charge in [-0.2, -0.15) is 0 Å². The predicted octanol–water partition coefficient (Wildman–Crippen LogP) is 3.12. The number of carbonyl (C=O) groups excluding carboxylic acids is 1. The number of rotatable bonds is 5. The average molecular weight is 302 g/mol. The van der Waals surface area contributed by atoms with Crippen molar-refractivity contribution in [3.8, 4) is 0 Å². The molecule has 2 nitrogen and oxygen atoms in total. The van der Waals surface area contributed by atoms with Crippen LogP contribution in [0.25, 0.3) is 0 Å². The van der Waals surface area contributed by atoms with Gasteiger partial charge >= 0.3 is 0 Å². The Hall–Kier alpha value is -1.16. The van der Waals surface area contributed by atoms with E-state index >= 15 is 0 Å². The van der Waals surface area contributed by atoms with Crippen LogP contribution in [0.1, 0.15) is 17.5 Å². The number of fused-ring (bicyclic) bond motifs is 1. The summed E-state index contributed by atoms with van der Waals surface area (Å²) in [4.78, 5) is 13.6. The molecule has 0 spiro atoms. The summed E-state index contributed by atoms with van der Waals surface area (Å²) in [6, 6.07) is 8.00. The number of amides is 1. The van der Waals surface area contributed by atoms with Crippen molar-refractivity contribution in [1.29, 1.82) is 0 Å². The Morgan fingerprint density at radius 1 is 1.35 bits per heavy atom. The zero-order valence-electron chi connectivity index (χ0n) is 11.2. The fourth-order valence-electron chi connectivity index (χ4n) is 2.73. The van der Waals surface area contributed by atoms with Crippen LogP contribution in [-0.2, 0) is 17.6 Å². The monoisotopic (exact) mass is 301 g/mol. The summed E-state index contributed by atoms with van der Waals surface area (Å²) >= 11 is 5.61. The van der Waals surface area contributed by atoms with Gasteiger partial charge in [-0.15, -0.1) is 11.6 Å². The SMILES string of the molecule is O=C(C1CCc2ccccc2C1)N(CCCl)CC(F)F. The van der Waals surface area contributed by atoms with Gasteiger partial charge in [-0.3, -0.25) is 4.79 Å². The molecule has 2 rings (SSSR count). The van der Waals surface area contributed by atoms with Crippen LogP contribution >= 0.6 is 11.6 Å². The molecule has 1 atom stereocenters. The molecule has 0 radical (unpaired) electrons. The van der Waals surface area contributed by atoms with Crippen LogP contribution in [0.5, 0.6) is 0 Å². The van der Waals surface area contributed by atoms with Crippen LogP contribution in [0, 0.1) is 5.92 Å². The molecule has 0 aliphatic heterocycles. The summed E-state index contributed by atoms with van der Waals surface area (Å²) in [5.41, 5.74) is 2.41. The molecule has 0 N–H and O–H groups in total. The number of nitrogens with zero attached hydrogens (tertiary/aromatic N) is 1. The first-order valence-electron chi connectivity index (χ1n) is 6.81. The van der Waals surface area contributed by atoms with Gasteiger partial charge in [0.15, 0.2) is 0 Å². The van der Waals surface area contributed by atoms with E-state index in [1.54, 1.807) is 0 Å². The molecule has 1 aliphatic carbocycles. The highest BCUT2D eigenvalue weighted by Crippen LogP contribution is 2.26. The number of carbonyl (C=O) groups is 1. The van der Waals surface area contributed by atoms with Crippen molar-refractivity contribution in [3.05, 3.63) is 35.4 Å². The summed E-state index contributed by atoms with van der Waals surface area (Å²) in [5.74, 6) is -0.214. The van der Waals surface area contributed by atoms with Crippen LogP contribution in [-0.4, -0.2) is 36.2 Å². The molecule has 0 bridgehead atoms. The maximum absolute atomic E-state index is 12.5. The highest BCUT2D eigenvalue weighted by Gasteiger charge is 2.29. The highest BCUT2D eigenvalue weighted by atomic mass is 35.5. The van der Waals surface area contributed by atoms with Gasteiger partial charge in [0.2, 0.25) is 5.91 Å². The molecule has 20 heavy (non-hydrogen) atoms. The zero-order valence-corrected chi connectivity index (χ0v) is 12.0. The van der Waals surface area contributed by atoms with Crippen molar-refractivity contribution in [2.75, 3.05) is 19.0 Å². The minimum absolute atomic E-state index is 0.182. The molecule has 0 fully saturated rings. The Kier molecular flexibility index (Phi) is 5.35. The summed E-state index contributed by atoms with van der Waals surface area (Å²) in [6.45, 7) is -0.341. The molecule has 0 saturated heterocycles. The molecule has 0 heterocycles. The van der Waals surface area contributed by atoms with E-state index in [9.17, 15) is 13.6 Å². The lowest BCUT2D eigenvalue weighted by Crippen LogP contribution is -2.42. The summed E-state index contributed by atoms with van der Waals surface area (Å²) < 4.78 is 25.1. The van der Waals surface area contributed by atoms with E-state index in [2.05, 4.69) is 6.07 Å². The fourth-order valence-corrected chi connectivity index (χ4v) is 2.93. The van der Waals surface area contributed by atoms with Gasteiger partial charge in [-0.1, -0.05) is 24.3 Å². The first kappa shape index (κ1) is 15.2. The van der Waals surface area contributed by atoms with Crippen molar-refractivity contribution in [2.45, 2.75) is 25.7 Å². The Labute approximate surface area is 122 Å². The molecular weight excluding hydrogens is 284 g/mol. The molecule has 110 valence electrons. The van der Waals surface area contributed by atoms with Gasteiger partial charge in [0, 0.05) is 18.3 Å². The third-order valence-corrected chi connectivity index (χ3v) is 3.89. The molecule has 1 amide bonds. The van der Waals surface area contributed by atoms with Gasteiger partial charge in [0.05, 0.1) is 6.54 Å². The van der Waals surface area contributed by atoms with Crippen molar-refractivity contribution in [2.24, 2.45) is 5.92 Å². The quantitative estimate of drug-likeness (QED) is 0.765. The normalized spacial score (nSPS) is 17.9. The van der Waals surface area contributed by atoms with Crippen LogP contribution in [0.2, 0.25) is 0 Å². The lowest BCUT2D eigenvalue weighted by atomic mass is 9.83. The third kappa shape index (κ3) is 3.69. The van der Waals surface area contributed by atoms with Crippen LogP contribution in [0.4, 0.5) is 8.78 Å². The molecule has 1 aromatic carbocycles. The second kappa shape index (κ2) is 7.02. The molecule has 1 aromatic rings. The topological polar surface area (TPSA) is 20.3 Å². The Morgan fingerprint density at radius 2 is 2.05 bits per heavy atom. The molecule has 0 saturated carbocycles. The lowest BCUT2D eigenvalue weighted by Gasteiger charge is -2.29. The zero-order chi connectivity index (χ0) is 14.5. The molecular formula is C15H18ClF2NO. The van der Waals surface area contributed by atoms with Gasteiger partial charge in [-0.05, 0) is 30.4 Å². The van der Waals surface area contributed by atoms with E-state index in [0.29, 0.717) is 6.42 Å². The Balaban J connectivity index is 2.05. The van der Waals surface area contributed by atoms with E-state index < -0.39 is 13.0 Å². The minimum Gasteiger partial charge on any atom is -0.336 e. The van der Waals surface area contributed by atoms with Crippen molar-refractivity contribution in [3.63, 3.8) is 0 Å². The van der Waals surface area contributed by atoms with Crippen molar-refractivity contribution < 1.29 is 13.6 Å². The summed E-state index contributed by atoms with van der Waals surface area (Å²) in [7, 11) is 0. The standard InChI is InChI=1S/C15H18ClF2NO/c16-7-8-19(10-14(17)18)15(20)13-6-5-11-3-1-2-4-12(11)9-13/h1-4,13-14H,5-10H2. The maximum Gasteiger partial charge on any atom is 0.255 e. The number of halogens is 3. The van der Waals surface area contributed by atoms with Crippen LogP contribution in [0.3, 0.4) is 0 Å². The first-order chi connectivity index (χ1) is 9.61. The number of aryl methyl sites for hydroxylation is 1. The third-order valence-electron chi connectivity index (χ3n) is 3.72. The first-order valence-corrected chi connectivity index (χ1v) is 7.35. The van der Waals surface area contributed by atoms with Crippen molar-refractivity contribution >= 4 is 17.5 Å². The van der Waals surface area contributed by atoms with Gasteiger partial charge in [-0.25, -0.2) is 8.78 Å². The van der Waals surface area contributed by atoms with Gasteiger partial charge in [0.25, 0.3) is 6.43 Å².